The second-order valence-electron chi connectivity index (χ2n) is 5.56. The number of hydrogen-bond donors (Lipinski definition) is 1. The molecule has 1 aliphatic heterocycles. The van der Waals surface area contributed by atoms with Gasteiger partial charge in [0, 0.05) is 30.2 Å². The second-order valence-corrected chi connectivity index (χ2v) is 6.88. The molecule has 1 N–H and O–H groups in total. The number of aromatic nitrogens is 1. The normalized spacial score (nSPS) is 17.8. The monoisotopic (exact) mass is 267 g/mol. The van der Waals surface area contributed by atoms with Crippen LogP contribution in [0.15, 0.2) is 6.20 Å². The zero-order valence-corrected chi connectivity index (χ0v) is 12.6. The van der Waals surface area contributed by atoms with Gasteiger partial charge in [0.1, 0.15) is 0 Å². The fraction of sp³-hybridized carbons (Fsp3) is 0.786. The zero-order chi connectivity index (χ0) is 13.0. The summed E-state index contributed by atoms with van der Waals surface area (Å²) in [6.45, 7) is 11.4. The number of rotatable bonds is 5. The van der Waals surface area contributed by atoms with E-state index in [1.165, 1.54) is 42.4 Å². The van der Waals surface area contributed by atoms with E-state index in [9.17, 15) is 0 Å². The summed E-state index contributed by atoms with van der Waals surface area (Å²) in [7, 11) is 0. The number of nitrogens with one attached hydrogen (secondary N) is 1. The van der Waals surface area contributed by atoms with Crippen molar-refractivity contribution in [3.05, 3.63) is 16.1 Å². The minimum atomic E-state index is 0.613. The Morgan fingerprint density at radius 2 is 2.17 bits per heavy atom. The molecule has 18 heavy (non-hydrogen) atoms. The van der Waals surface area contributed by atoms with Crippen LogP contribution in [0.1, 0.15) is 36.6 Å². The first-order valence-electron chi connectivity index (χ1n) is 7.01. The molecule has 0 atom stereocenters. The first-order chi connectivity index (χ1) is 8.65. The molecule has 1 saturated heterocycles. The lowest BCUT2D eigenvalue weighted by molar-refractivity contribution is 0.163. The number of thiazole rings is 1. The molecule has 3 nitrogen and oxygen atoms in total. The van der Waals surface area contributed by atoms with E-state index in [1.807, 2.05) is 17.5 Å². The van der Waals surface area contributed by atoms with E-state index in [4.69, 9.17) is 0 Å². The highest BCUT2D eigenvalue weighted by atomic mass is 32.1. The fourth-order valence-corrected chi connectivity index (χ4v) is 3.35. The van der Waals surface area contributed by atoms with Crippen LogP contribution in [0, 0.1) is 12.8 Å². The van der Waals surface area contributed by atoms with E-state index in [1.54, 1.807) is 0 Å². The maximum absolute atomic E-state index is 4.36. The van der Waals surface area contributed by atoms with Gasteiger partial charge in [-0.15, -0.1) is 11.3 Å². The first kappa shape index (κ1) is 14.0. The molecule has 0 radical (unpaired) electrons. The van der Waals surface area contributed by atoms with Crippen LogP contribution in [-0.2, 0) is 6.54 Å². The summed E-state index contributed by atoms with van der Waals surface area (Å²) >= 11 is 1.83. The molecule has 0 amide bonds. The Bertz CT molecular complexity index is 356. The van der Waals surface area contributed by atoms with Gasteiger partial charge in [-0.1, -0.05) is 0 Å². The van der Waals surface area contributed by atoms with Crippen LogP contribution in [0.4, 0.5) is 0 Å². The summed E-state index contributed by atoms with van der Waals surface area (Å²) in [4.78, 5) is 8.36. The molecular formula is C14H25N3S. The minimum Gasteiger partial charge on any atom is -0.317 e. The van der Waals surface area contributed by atoms with Crippen molar-refractivity contribution in [2.45, 2.75) is 46.2 Å². The number of nitrogens with zero attached hydrogens (tertiary/aromatic N) is 2. The van der Waals surface area contributed by atoms with Crippen LogP contribution in [0.5, 0.6) is 0 Å². The molecule has 2 heterocycles. The minimum absolute atomic E-state index is 0.613. The van der Waals surface area contributed by atoms with Gasteiger partial charge in [-0.2, -0.15) is 0 Å². The molecule has 1 fully saturated rings. The molecule has 0 bridgehead atoms. The molecule has 4 heteroatoms. The molecule has 0 spiro atoms. The molecule has 0 saturated carbocycles. The Hall–Kier alpha value is -0.450. The number of piperidine rings is 1. The van der Waals surface area contributed by atoms with Crippen molar-refractivity contribution < 1.29 is 0 Å². The Kier molecular flexibility index (Phi) is 5.15. The Morgan fingerprint density at radius 3 is 2.72 bits per heavy atom. The van der Waals surface area contributed by atoms with Gasteiger partial charge >= 0.3 is 0 Å². The predicted molar refractivity (Wildman–Crippen MR) is 78.0 cm³/mol. The van der Waals surface area contributed by atoms with Crippen molar-refractivity contribution in [3.63, 3.8) is 0 Å². The highest BCUT2D eigenvalue weighted by molar-refractivity contribution is 7.11. The third-order valence-corrected chi connectivity index (χ3v) is 4.61. The quantitative estimate of drug-likeness (QED) is 0.889. The SMILES string of the molecule is Cc1ncc(CN(CC2CCNCC2)C(C)C)s1. The molecule has 0 unspecified atom stereocenters. The van der Waals surface area contributed by atoms with Gasteiger partial charge < -0.3 is 5.32 Å². The van der Waals surface area contributed by atoms with E-state index < -0.39 is 0 Å². The molecule has 0 aromatic carbocycles. The second kappa shape index (κ2) is 6.64. The third kappa shape index (κ3) is 4.04. The van der Waals surface area contributed by atoms with Crippen LogP contribution >= 0.6 is 11.3 Å². The summed E-state index contributed by atoms with van der Waals surface area (Å²) in [5.74, 6) is 0.864. The number of hydrogen-bond acceptors (Lipinski definition) is 4. The molecule has 0 aliphatic carbocycles. The smallest absolute Gasteiger partial charge is 0.0897 e. The summed E-state index contributed by atoms with van der Waals surface area (Å²) in [6.07, 6.45) is 4.69. The van der Waals surface area contributed by atoms with E-state index in [-0.39, 0.29) is 0 Å². The van der Waals surface area contributed by atoms with Crippen molar-refractivity contribution in [2.24, 2.45) is 5.92 Å². The largest absolute Gasteiger partial charge is 0.317 e. The summed E-state index contributed by atoms with van der Waals surface area (Å²) < 4.78 is 0. The van der Waals surface area contributed by atoms with Gasteiger partial charge in [0.2, 0.25) is 0 Å². The van der Waals surface area contributed by atoms with E-state index >= 15 is 0 Å². The summed E-state index contributed by atoms with van der Waals surface area (Å²) in [5, 5.41) is 4.62. The Labute approximate surface area is 115 Å². The van der Waals surface area contributed by atoms with Crippen LogP contribution in [-0.4, -0.2) is 35.6 Å². The molecule has 1 aliphatic rings. The van der Waals surface area contributed by atoms with Gasteiger partial charge in [0.25, 0.3) is 0 Å². The third-order valence-electron chi connectivity index (χ3n) is 3.71. The average molecular weight is 267 g/mol. The summed E-state index contributed by atoms with van der Waals surface area (Å²) in [6, 6.07) is 0.613. The van der Waals surface area contributed by atoms with Gasteiger partial charge in [-0.25, -0.2) is 4.98 Å². The van der Waals surface area contributed by atoms with Crippen LogP contribution in [0.2, 0.25) is 0 Å². The van der Waals surface area contributed by atoms with Crippen molar-refractivity contribution >= 4 is 11.3 Å². The van der Waals surface area contributed by atoms with E-state index in [0.717, 1.165) is 12.5 Å². The van der Waals surface area contributed by atoms with E-state index in [0.29, 0.717) is 6.04 Å². The Balaban J connectivity index is 1.90. The van der Waals surface area contributed by atoms with Crippen molar-refractivity contribution in [1.82, 2.24) is 15.2 Å². The number of aryl methyl sites for hydroxylation is 1. The van der Waals surface area contributed by atoms with Gasteiger partial charge in [-0.05, 0) is 52.6 Å². The Morgan fingerprint density at radius 1 is 1.44 bits per heavy atom. The molecular weight excluding hydrogens is 242 g/mol. The molecule has 2 rings (SSSR count). The van der Waals surface area contributed by atoms with Crippen LogP contribution in [0.25, 0.3) is 0 Å². The van der Waals surface area contributed by atoms with Gasteiger partial charge in [-0.3, -0.25) is 4.90 Å². The average Bonchev–Trinajstić information content (AvgIpc) is 2.75. The molecule has 1 aromatic heterocycles. The lowest BCUT2D eigenvalue weighted by Gasteiger charge is -2.32. The lowest BCUT2D eigenvalue weighted by atomic mass is 9.97. The van der Waals surface area contributed by atoms with Gasteiger partial charge in [0.05, 0.1) is 5.01 Å². The van der Waals surface area contributed by atoms with Crippen LogP contribution in [0.3, 0.4) is 0 Å². The van der Waals surface area contributed by atoms with E-state index in [2.05, 4.69) is 36.0 Å². The lowest BCUT2D eigenvalue weighted by Crippen LogP contribution is -2.38. The van der Waals surface area contributed by atoms with Crippen molar-refractivity contribution in [1.29, 1.82) is 0 Å². The standard InChI is InChI=1S/C14H25N3S/c1-11(2)17(9-13-4-6-15-7-5-13)10-14-8-16-12(3)18-14/h8,11,13,15H,4-7,9-10H2,1-3H3. The molecule has 102 valence electrons. The maximum atomic E-state index is 4.36. The highest BCUT2D eigenvalue weighted by Gasteiger charge is 2.19. The highest BCUT2D eigenvalue weighted by Crippen LogP contribution is 2.20. The maximum Gasteiger partial charge on any atom is 0.0897 e. The predicted octanol–water partition coefficient (Wildman–Crippen LogP) is 2.66. The summed E-state index contributed by atoms with van der Waals surface area (Å²) in [5.41, 5.74) is 0. The molecule has 1 aromatic rings. The van der Waals surface area contributed by atoms with Crippen LogP contribution < -0.4 is 5.32 Å². The topological polar surface area (TPSA) is 28.2 Å². The first-order valence-corrected chi connectivity index (χ1v) is 7.83. The zero-order valence-electron chi connectivity index (χ0n) is 11.8. The van der Waals surface area contributed by atoms with Crippen molar-refractivity contribution in [2.75, 3.05) is 19.6 Å². The van der Waals surface area contributed by atoms with Crippen molar-refractivity contribution in [3.8, 4) is 0 Å². The fourth-order valence-electron chi connectivity index (χ4n) is 2.53. The van der Waals surface area contributed by atoms with Gasteiger partial charge in [0.15, 0.2) is 0 Å².